The molecule has 8 heteroatoms. The van der Waals surface area contributed by atoms with E-state index in [1.807, 2.05) is 47.6 Å². The van der Waals surface area contributed by atoms with Gasteiger partial charge in [0, 0.05) is 63.9 Å². The first-order chi connectivity index (χ1) is 18.7. The van der Waals surface area contributed by atoms with Gasteiger partial charge in [0.05, 0.1) is 18.2 Å². The quantitative estimate of drug-likeness (QED) is 0.453. The predicted molar refractivity (Wildman–Crippen MR) is 148 cm³/mol. The van der Waals surface area contributed by atoms with Crippen LogP contribution < -0.4 is 4.90 Å². The number of fused-ring (bicyclic) bond motifs is 1. The summed E-state index contributed by atoms with van der Waals surface area (Å²) in [5.74, 6) is 0.404. The second kappa shape index (κ2) is 12.3. The number of carbonyl (C=O) groups is 1. The van der Waals surface area contributed by atoms with Crippen molar-refractivity contribution in [3.05, 3.63) is 66.1 Å². The molecule has 0 N–H and O–H groups in total. The van der Waals surface area contributed by atoms with Crippen molar-refractivity contribution in [1.82, 2.24) is 19.2 Å². The lowest BCUT2D eigenvalue weighted by Crippen LogP contribution is -2.48. The monoisotopic (exact) mass is 514 g/mol. The summed E-state index contributed by atoms with van der Waals surface area (Å²) in [6.45, 7) is 7.69. The molecule has 8 nitrogen and oxygen atoms in total. The zero-order chi connectivity index (χ0) is 26.3. The Hall–Kier alpha value is -3.57. The van der Waals surface area contributed by atoms with E-state index in [1.165, 1.54) is 11.3 Å². The van der Waals surface area contributed by atoms with E-state index in [0.717, 1.165) is 63.1 Å². The standard InChI is InChI=1S/C30H38N6O2/c1-2-25-10-17-35-20-14-32-29(35)28(25)34-16-6-15-33(21-22-34)27(9-13-31)26-11-18-36(19-12-26)30(37)38-23-24-7-4-3-5-8-24/h3-5,7-8,10,14,17,20,26-27H,2,6,9,11-12,15-16,18-19,21-23H2,1H3/t27-/m0/s1. The maximum atomic E-state index is 12.6. The van der Waals surface area contributed by atoms with Crippen molar-refractivity contribution in [2.75, 3.05) is 44.2 Å². The normalized spacial score (nSPS) is 18.2. The minimum absolute atomic E-state index is 0.218. The van der Waals surface area contributed by atoms with Gasteiger partial charge in [-0.3, -0.25) is 4.90 Å². The highest BCUT2D eigenvalue weighted by molar-refractivity contribution is 5.73. The topological polar surface area (TPSA) is 77.1 Å². The first-order valence-electron chi connectivity index (χ1n) is 13.9. The lowest BCUT2D eigenvalue weighted by Gasteiger charge is -2.40. The van der Waals surface area contributed by atoms with Gasteiger partial charge in [-0.25, -0.2) is 9.78 Å². The molecule has 2 fully saturated rings. The van der Waals surface area contributed by atoms with Crippen LogP contribution in [-0.4, -0.2) is 70.6 Å². The fraction of sp³-hybridized carbons (Fsp3) is 0.500. The van der Waals surface area contributed by atoms with Crippen molar-refractivity contribution in [3.8, 4) is 6.07 Å². The Labute approximate surface area is 225 Å². The van der Waals surface area contributed by atoms with Crippen molar-refractivity contribution < 1.29 is 9.53 Å². The summed E-state index contributed by atoms with van der Waals surface area (Å²) in [5.41, 5.74) is 4.60. The number of rotatable bonds is 7. The Morgan fingerprint density at radius 3 is 2.66 bits per heavy atom. The van der Waals surface area contributed by atoms with Crippen LogP contribution in [-0.2, 0) is 17.8 Å². The molecule has 3 aromatic rings. The van der Waals surface area contributed by atoms with E-state index >= 15 is 0 Å². The molecule has 0 spiro atoms. The van der Waals surface area contributed by atoms with Crippen molar-refractivity contribution >= 4 is 17.4 Å². The number of pyridine rings is 1. The second-order valence-electron chi connectivity index (χ2n) is 10.4. The van der Waals surface area contributed by atoms with Gasteiger partial charge < -0.3 is 18.9 Å². The fourth-order valence-electron chi connectivity index (χ4n) is 6.10. The van der Waals surface area contributed by atoms with Crippen molar-refractivity contribution in [3.63, 3.8) is 0 Å². The van der Waals surface area contributed by atoms with Gasteiger partial charge in [-0.2, -0.15) is 5.26 Å². The highest BCUT2D eigenvalue weighted by Gasteiger charge is 2.33. The number of hydrogen-bond acceptors (Lipinski definition) is 6. The van der Waals surface area contributed by atoms with Crippen LogP contribution >= 0.6 is 0 Å². The average Bonchev–Trinajstić information content (AvgIpc) is 3.32. The number of amides is 1. The summed E-state index contributed by atoms with van der Waals surface area (Å²) in [6, 6.07) is 14.7. The Morgan fingerprint density at radius 2 is 1.89 bits per heavy atom. The number of likely N-dealkylation sites (tertiary alicyclic amines) is 1. The van der Waals surface area contributed by atoms with Crippen LogP contribution in [0.4, 0.5) is 10.5 Å². The number of imidazole rings is 1. The number of piperidine rings is 1. The average molecular weight is 515 g/mol. The van der Waals surface area contributed by atoms with E-state index in [4.69, 9.17) is 4.74 Å². The molecule has 0 bridgehead atoms. The number of nitrogens with zero attached hydrogens (tertiary/aromatic N) is 6. The van der Waals surface area contributed by atoms with Crippen molar-refractivity contribution in [2.45, 2.75) is 51.7 Å². The smallest absolute Gasteiger partial charge is 0.410 e. The second-order valence-corrected chi connectivity index (χ2v) is 10.4. The number of benzene rings is 1. The van der Waals surface area contributed by atoms with Gasteiger partial charge in [0.2, 0.25) is 0 Å². The molecule has 38 heavy (non-hydrogen) atoms. The first-order valence-corrected chi connectivity index (χ1v) is 13.9. The van der Waals surface area contributed by atoms with Crippen LogP contribution in [0, 0.1) is 17.2 Å². The van der Waals surface area contributed by atoms with E-state index in [0.29, 0.717) is 32.0 Å². The zero-order valence-corrected chi connectivity index (χ0v) is 22.3. The van der Waals surface area contributed by atoms with Gasteiger partial charge in [-0.1, -0.05) is 37.3 Å². The van der Waals surface area contributed by atoms with Crippen LogP contribution in [0.1, 0.15) is 43.7 Å². The Kier molecular flexibility index (Phi) is 8.44. The van der Waals surface area contributed by atoms with Gasteiger partial charge in [0.25, 0.3) is 0 Å². The molecule has 2 aromatic heterocycles. The number of carbonyl (C=O) groups excluding carboxylic acids is 1. The van der Waals surface area contributed by atoms with E-state index in [2.05, 4.69) is 44.4 Å². The molecule has 2 aliphatic rings. The number of anilines is 1. The molecule has 1 amide bonds. The molecule has 2 aliphatic heterocycles. The van der Waals surface area contributed by atoms with Gasteiger partial charge in [0.1, 0.15) is 6.61 Å². The highest BCUT2D eigenvalue weighted by atomic mass is 16.6. The number of aryl methyl sites for hydroxylation is 1. The minimum atomic E-state index is -0.241. The molecule has 0 aliphatic carbocycles. The minimum Gasteiger partial charge on any atom is -0.445 e. The molecular formula is C30H38N6O2. The van der Waals surface area contributed by atoms with Crippen molar-refractivity contribution in [2.24, 2.45) is 5.92 Å². The zero-order valence-electron chi connectivity index (χ0n) is 22.3. The molecule has 4 heterocycles. The third-order valence-corrected chi connectivity index (χ3v) is 8.17. The number of ether oxygens (including phenoxy) is 1. The number of aromatic nitrogens is 2. The van der Waals surface area contributed by atoms with Crippen LogP contribution in [0.3, 0.4) is 0 Å². The molecule has 0 saturated carbocycles. The molecule has 1 aromatic carbocycles. The molecule has 5 rings (SSSR count). The SMILES string of the molecule is CCc1ccn2ccnc2c1N1CCCN([C@@H](CC#N)C2CCN(C(=O)OCc3ccccc3)CC2)CC1. The molecule has 0 unspecified atom stereocenters. The number of nitriles is 1. The van der Waals surface area contributed by atoms with Crippen LogP contribution in [0.25, 0.3) is 5.65 Å². The summed E-state index contributed by atoms with van der Waals surface area (Å²) in [5, 5.41) is 9.70. The Bertz CT molecular complexity index is 1240. The van der Waals surface area contributed by atoms with Gasteiger partial charge in [-0.05, 0) is 48.8 Å². The summed E-state index contributed by atoms with van der Waals surface area (Å²) in [7, 11) is 0. The van der Waals surface area contributed by atoms with Crippen LogP contribution in [0.5, 0.6) is 0 Å². The first kappa shape index (κ1) is 26.1. The maximum absolute atomic E-state index is 12.6. The Morgan fingerprint density at radius 1 is 1.08 bits per heavy atom. The lowest BCUT2D eigenvalue weighted by molar-refractivity contribution is 0.0632. The molecule has 0 radical (unpaired) electrons. The Balaban J connectivity index is 1.19. The predicted octanol–water partition coefficient (Wildman–Crippen LogP) is 4.74. The van der Waals surface area contributed by atoms with Crippen LogP contribution in [0.2, 0.25) is 0 Å². The van der Waals surface area contributed by atoms with Gasteiger partial charge >= 0.3 is 6.09 Å². The maximum Gasteiger partial charge on any atom is 0.410 e. The lowest BCUT2D eigenvalue weighted by atomic mass is 9.86. The van der Waals surface area contributed by atoms with Gasteiger partial charge in [0.15, 0.2) is 5.65 Å². The summed E-state index contributed by atoms with van der Waals surface area (Å²) >= 11 is 0. The summed E-state index contributed by atoms with van der Waals surface area (Å²) < 4.78 is 7.66. The largest absolute Gasteiger partial charge is 0.445 e. The third-order valence-electron chi connectivity index (χ3n) is 8.17. The summed E-state index contributed by atoms with van der Waals surface area (Å²) in [6.07, 6.45) is 10.1. The van der Waals surface area contributed by atoms with E-state index in [9.17, 15) is 10.1 Å². The summed E-state index contributed by atoms with van der Waals surface area (Å²) in [4.78, 5) is 24.2. The van der Waals surface area contributed by atoms with Gasteiger partial charge in [-0.15, -0.1) is 0 Å². The third kappa shape index (κ3) is 5.78. The fourth-order valence-corrected chi connectivity index (χ4v) is 6.10. The van der Waals surface area contributed by atoms with E-state index < -0.39 is 0 Å². The number of hydrogen-bond donors (Lipinski definition) is 0. The molecule has 2 saturated heterocycles. The van der Waals surface area contributed by atoms with E-state index in [1.54, 1.807) is 0 Å². The molecule has 1 atom stereocenters. The van der Waals surface area contributed by atoms with E-state index in [-0.39, 0.29) is 12.1 Å². The molecular weight excluding hydrogens is 476 g/mol. The van der Waals surface area contributed by atoms with Crippen molar-refractivity contribution in [1.29, 1.82) is 5.26 Å². The highest BCUT2D eigenvalue weighted by Crippen LogP contribution is 2.30. The molecule has 200 valence electrons. The van der Waals surface area contributed by atoms with Crippen LogP contribution in [0.15, 0.2) is 55.0 Å².